The number of methoxy groups -OCH3 is 1. The van der Waals surface area contributed by atoms with Crippen molar-refractivity contribution in [3.63, 3.8) is 0 Å². The third-order valence-electron chi connectivity index (χ3n) is 3.79. The molecule has 0 atom stereocenters. The van der Waals surface area contributed by atoms with E-state index in [4.69, 9.17) is 4.74 Å². The van der Waals surface area contributed by atoms with Crippen molar-refractivity contribution in [2.24, 2.45) is 0 Å². The summed E-state index contributed by atoms with van der Waals surface area (Å²) >= 11 is 0. The molecule has 0 spiro atoms. The smallest absolute Gasteiger partial charge is 0.338 e. The average Bonchev–Trinajstić information content (AvgIpc) is 2.94. The first-order valence-corrected chi connectivity index (χ1v) is 7.49. The minimum absolute atomic E-state index is 0.297. The van der Waals surface area contributed by atoms with Gasteiger partial charge in [0.2, 0.25) is 0 Å². The minimum Gasteiger partial charge on any atom is -0.465 e. The van der Waals surface area contributed by atoms with Crippen LogP contribution in [0, 0.1) is 13.8 Å². The monoisotopic (exact) mass is 301 g/mol. The Hall–Kier alpha value is -2.30. The fourth-order valence-electron chi connectivity index (χ4n) is 2.58. The largest absolute Gasteiger partial charge is 0.465 e. The van der Waals surface area contributed by atoms with Gasteiger partial charge in [0.25, 0.3) is 0 Å². The molecular weight excluding hydrogens is 278 g/mol. The van der Waals surface area contributed by atoms with E-state index in [1.807, 2.05) is 38.5 Å². The molecule has 2 rings (SSSR count). The van der Waals surface area contributed by atoms with Crippen LogP contribution in [0.25, 0.3) is 0 Å². The van der Waals surface area contributed by atoms with E-state index >= 15 is 0 Å². The van der Waals surface area contributed by atoms with Crippen molar-refractivity contribution in [3.05, 3.63) is 47.0 Å². The zero-order valence-electron chi connectivity index (χ0n) is 13.6. The molecule has 1 aromatic carbocycles. The summed E-state index contributed by atoms with van der Waals surface area (Å²) in [6.45, 7) is 7.62. The molecule has 0 bridgehead atoms. The fourth-order valence-corrected chi connectivity index (χ4v) is 2.58. The maximum Gasteiger partial charge on any atom is 0.338 e. The number of anilines is 1. The second-order valence-electron chi connectivity index (χ2n) is 5.35. The standard InChI is InChI=1S/C17H23N3O2/c1-5-8-20-11-18-9-14(20)10-19-15-7-6-12(2)16(13(15)3)17(21)22-4/h6-7,9,11,19H,5,8,10H2,1-4H3. The maximum atomic E-state index is 11.9. The number of imidazole rings is 1. The molecule has 5 nitrogen and oxygen atoms in total. The van der Waals surface area contributed by atoms with Crippen LogP contribution in [-0.4, -0.2) is 22.6 Å². The Morgan fingerprint density at radius 2 is 2.14 bits per heavy atom. The van der Waals surface area contributed by atoms with Crippen LogP contribution in [0.15, 0.2) is 24.7 Å². The Labute approximate surface area is 131 Å². The lowest BCUT2D eigenvalue weighted by molar-refractivity contribution is 0.0599. The van der Waals surface area contributed by atoms with E-state index in [-0.39, 0.29) is 5.97 Å². The quantitative estimate of drug-likeness (QED) is 0.832. The van der Waals surface area contributed by atoms with Gasteiger partial charge in [-0.1, -0.05) is 13.0 Å². The molecule has 0 radical (unpaired) electrons. The molecule has 1 heterocycles. The Morgan fingerprint density at radius 1 is 1.36 bits per heavy atom. The molecule has 0 amide bonds. The molecule has 1 N–H and O–H groups in total. The van der Waals surface area contributed by atoms with E-state index in [0.717, 1.165) is 35.5 Å². The Kier molecular flexibility index (Phi) is 5.20. The first kappa shape index (κ1) is 16.1. The van der Waals surface area contributed by atoms with Crippen molar-refractivity contribution in [2.75, 3.05) is 12.4 Å². The molecule has 0 aliphatic rings. The summed E-state index contributed by atoms with van der Waals surface area (Å²) in [4.78, 5) is 16.1. The van der Waals surface area contributed by atoms with E-state index in [9.17, 15) is 4.79 Å². The predicted octanol–water partition coefficient (Wildman–Crippen LogP) is 3.31. The van der Waals surface area contributed by atoms with Gasteiger partial charge in [0.1, 0.15) is 0 Å². The molecular formula is C17H23N3O2. The third-order valence-corrected chi connectivity index (χ3v) is 3.79. The molecule has 0 aliphatic carbocycles. The summed E-state index contributed by atoms with van der Waals surface area (Å²) in [6, 6.07) is 3.93. The molecule has 1 aromatic heterocycles. The minimum atomic E-state index is -0.297. The van der Waals surface area contributed by atoms with Crippen molar-refractivity contribution in [2.45, 2.75) is 40.3 Å². The highest BCUT2D eigenvalue weighted by atomic mass is 16.5. The van der Waals surface area contributed by atoms with Gasteiger partial charge in [-0.2, -0.15) is 0 Å². The van der Waals surface area contributed by atoms with Gasteiger partial charge in [0, 0.05) is 18.4 Å². The highest BCUT2D eigenvalue weighted by Crippen LogP contribution is 2.23. The molecule has 2 aromatic rings. The zero-order valence-corrected chi connectivity index (χ0v) is 13.6. The SMILES string of the molecule is CCCn1cncc1CNc1ccc(C)c(C(=O)OC)c1C. The van der Waals surface area contributed by atoms with Crippen LogP contribution >= 0.6 is 0 Å². The summed E-state index contributed by atoms with van der Waals surface area (Å²) in [7, 11) is 1.41. The molecule has 0 fully saturated rings. The molecule has 0 saturated heterocycles. The van der Waals surface area contributed by atoms with Gasteiger partial charge in [0.05, 0.1) is 31.2 Å². The average molecular weight is 301 g/mol. The van der Waals surface area contributed by atoms with E-state index in [2.05, 4.69) is 21.8 Å². The van der Waals surface area contributed by atoms with Gasteiger partial charge in [-0.25, -0.2) is 9.78 Å². The lowest BCUT2D eigenvalue weighted by atomic mass is 10.0. The predicted molar refractivity (Wildman–Crippen MR) is 87.1 cm³/mol. The normalized spacial score (nSPS) is 10.5. The van der Waals surface area contributed by atoms with Gasteiger partial charge in [-0.05, 0) is 37.5 Å². The van der Waals surface area contributed by atoms with Crippen LogP contribution in [0.1, 0.15) is 40.5 Å². The molecule has 118 valence electrons. The fraction of sp³-hybridized carbons (Fsp3) is 0.412. The Bertz CT molecular complexity index is 662. The molecule has 22 heavy (non-hydrogen) atoms. The molecule has 0 unspecified atom stereocenters. The molecule has 5 heteroatoms. The van der Waals surface area contributed by atoms with Crippen LogP contribution in [0.5, 0.6) is 0 Å². The van der Waals surface area contributed by atoms with Gasteiger partial charge >= 0.3 is 5.97 Å². The first-order valence-electron chi connectivity index (χ1n) is 7.49. The number of rotatable bonds is 6. The highest BCUT2D eigenvalue weighted by molar-refractivity contribution is 5.94. The summed E-state index contributed by atoms with van der Waals surface area (Å²) in [5.41, 5.74) is 4.53. The number of nitrogens with zero attached hydrogens (tertiary/aromatic N) is 2. The van der Waals surface area contributed by atoms with Crippen LogP contribution in [0.2, 0.25) is 0 Å². The van der Waals surface area contributed by atoms with E-state index < -0.39 is 0 Å². The Morgan fingerprint density at radius 3 is 2.82 bits per heavy atom. The van der Waals surface area contributed by atoms with E-state index in [1.165, 1.54) is 7.11 Å². The van der Waals surface area contributed by atoms with Crippen molar-refractivity contribution in [3.8, 4) is 0 Å². The number of carbonyl (C=O) groups excluding carboxylic acids is 1. The number of benzene rings is 1. The third kappa shape index (κ3) is 3.30. The van der Waals surface area contributed by atoms with Crippen molar-refractivity contribution < 1.29 is 9.53 Å². The molecule has 0 saturated carbocycles. The number of aryl methyl sites for hydroxylation is 2. The number of hydrogen-bond acceptors (Lipinski definition) is 4. The lowest BCUT2D eigenvalue weighted by Gasteiger charge is -2.15. The summed E-state index contributed by atoms with van der Waals surface area (Å²) in [6.07, 6.45) is 4.79. The highest BCUT2D eigenvalue weighted by Gasteiger charge is 2.15. The van der Waals surface area contributed by atoms with Gasteiger partial charge in [-0.3, -0.25) is 0 Å². The second-order valence-corrected chi connectivity index (χ2v) is 5.35. The zero-order chi connectivity index (χ0) is 16.1. The van der Waals surface area contributed by atoms with E-state index in [1.54, 1.807) is 0 Å². The van der Waals surface area contributed by atoms with Crippen LogP contribution in [-0.2, 0) is 17.8 Å². The lowest BCUT2D eigenvalue weighted by Crippen LogP contribution is -2.11. The summed E-state index contributed by atoms with van der Waals surface area (Å²) in [5.74, 6) is -0.297. The van der Waals surface area contributed by atoms with Crippen LogP contribution < -0.4 is 5.32 Å². The number of nitrogens with one attached hydrogen (secondary N) is 1. The second kappa shape index (κ2) is 7.11. The number of carbonyl (C=O) groups is 1. The van der Waals surface area contributed by atoms with Crippen molar-refractivity contribution >= 4 is 11.7 Å². The number of ether oxygens (including phenoxy) is 1. The number of hydrogen-bond donors (Lipinski definition) is 1. The summed E-state index contributed by atoms with van der Waals surface area (Å²) < 4.78 is 7.01. The van der Waals surface area contributed by atoms with Gasteiger partial charge < -0.3 is 14.6 Å². The number of esters is 1. The van der Waals surface area contributed by atoms with Crippen LogP contribution in [0.4, 0.5) is 5.69 Å². The topological polar surface area (TPSA) is 56.2 Å². The van der Waals surface area contributed by atoms with Crippen LogP contribution in [0.3, 0.4) is 0 Å². The van der Waals surface area contributed by atoms with Gasteiger partial charge in [-0.15, -0.1) is 0 Å². The van der Waals surface area contributed by atoms with Gasteiger partial charge in [0.15, 0.2) is 0 Å². The Balaban J connectivity index is 2.20. The number of aromatic nitrogens is 2. The maximum absolute atomic E-state index is 11.9. The van der Waals surface area contributed by atoms with E-state index in [0.29, 0.717) is 12.1 Å². The van der Waals surface area contributed by atoms with Crippen molar-refractivity contribution in [1.29, 1.82) is 0 Å². The molecule has 0 aliphatic heterocycles. The van der Waals surface area contributed by atoms with Crippen molar-refractivity contribution in [1.82, 2.24) is 9.55 Å². The first-order chi connectivity index (χ1) is 10.6. The summed E-state index contributed by atoms with van der Waals surface area (Å²) in [5, 5.41) is 3.39.